The molecule has 0 saturated carbocycles. The van der Waals surface area contributed by atoms with Gasteiger partial charge in [-0.1, -0.05) is 0 Å². The number of aryl methyl sites for hydroxylation is 1. The number of aliphatic hydroxyl groups is 1. The van der Waals surface area contributed by atoms with E-state index in [1.54, 1.807) is 13.1 Å². The molecule has 2 aromatic rings. The highest BCUT2D eigenvalue weighted by Crippen LogP contribution is 2.24. The molecule has 3 nitrogen and oxygen atoms in total. The number of hydrogen-bond donors (Lipinski definition) is 1. The first-order valence-corrected chi connectivity index (χ1v) is 4.70. The Labute approximate surface area is 91.0 Å². The van der Waals surface area contributed by atoms with E-state index in [0.717, 1.165) is 18.2 Å². The maximum atomic E-state index is 13.4. The predicted octanol–water partition coefficient (Wildman–Crippen LogP) is 1.78. The highest BCUT2D eigenvalue weighted by Gasteiger charge is 2.18. The monoisotopic (exact) mass is 224 g/mol. The van der Waals surface area contributed by atoms with Gasteiger partial charge >= 0.3 is 0 Å². The molecule has 5 heteroatoms. The van der Waals surface area contributed by atoms with Crippen molar-refractivity contribution in [3.05, 3.63) is 53.4 Å². The summed E-state index contributed by atoms with van der Waals surface area (Å²) in [5.41, 5.74) is 0.313. The normalized spacial score (nSPS) is 12.8. The Hall–Kier alpha value is -1.75. The van der Waals surface area contributed by atoms with Crippen LogP contribution in [0.1, 0.15) is 17.4 Å². The number of halogens is 2. The molecule has 0 saturated heterocycles. The zero-order valence-corrected chi connectivity index (χ0v) is 8.56. The molecule has 0 bridgehead atoms. The van der Waals surface area contributed by atoms with Gasteiger partial charge in [0.05, 0.1) is 5.69 Å². The molecule has 1 N–H and O–H groups in total. The minimum atomic E-state index is -1.22. The minimum absolute atomic E-state index is 0.0939. The lowest BCUT2D eigenvalue weighted by Crippen LogP contribution is -2.08. The fraction of sp³-hybridized carbons (Fsp3) is 0.182. The molecule has 0 amide bonds. The molecule has 1 aromatic carbocycles. The molecule has 0 spiro atoms. The van der Waals surface area contributed by atoms with Gasteiger partial charge in [0.25, 0.3) is 0 Å². The van der Waals surface area contributed by atoms with Gasteiger partial charge in [0.15, 0.2) is 0 Å². The van der Waals surface area contributed by atoms with E-state index in [-0.39, 0.29) is 5.56 Å². The van der Waals surface area contributed by atoms with E-state index >= 15 is 0 Å². The second-order valence-electron chi connectivity index (χ2n) is 3.45. The fourth-order valence-corrected chi connectivity index (χ4v) is 1.54. The molecule has 1 unspecified atom stereocenters. The van der Waals surface area contributed by atoms with Crippen molar-refractivity contribution in [1.29, 1.82) is 0 Å². The Morgan fingerprint density at radius 1 is 1.31 bits per heavy atom. The second kappa shape index (κ2) is 4.02. The van der Waals surface area contributed by atoms with E-state index in [1.165, 1.54) is 10.9 Å². The van der Waals surface area contributed by atoms with E-state index in [9.17, 15) is 13.9 Å². The molecule has 1 atom stereocenters. The van der Waals surface area contributed by atoms with Crippen LogP contribution in [0.2, 0.25) is 0 Å². The maximum Gasteiger partial charge on any atom is 0.129 e. The van der Waals surface area contributed by atoms with Crippen molar-refractivity contribution in [2.45, 2.75) is 6.10 Å². The van der Waals surface area contributed by atoms with Gasteiger partial charge < -0.3 is 5.11 Å². The third kappa shape index (κ3) is 1.81. The lowest BCUT2D eigenvalue weighted by molar-refractivity contribution is 0.204. The number of rotatable bonds is 2. The van der Waals surface area contributed by atoms with Gasteiger partial charge in [-0.2, -0.15) is 5.10 Å². The van der Waals surface area contributed by atoms with Gasteiger partial charge in [-0.15, -0.1) is 0 Å². The third-order valence-corrected chi connectivity index (χ3v) is 2.39. The van der Waals surface area contributed by atoms with Gasteiger partial charge in [0.1, 0.15) is 17.7 Å². The van der Waals surface area contributed by atoms with Crippen molar-refractivity contribution in [3.8, 4) is 0 Å². The first-order chi connectivity index (χ1) is 7.59. The first kappa shape index (κ1) is 10.8. The summed E-state index contributed by atoms with van der Waals surface area (Å²) in [5, 5.41) is 13.8. The average molecular weight is 224 g/mol. The Bertz CT molecular complexity index is 510. The molecule has 16 heavy (non-hydrogen) atoms. The van der Waals surface area contributed by atoms with E-state index in [2.05, 4.69) is 5.10 Å². The van der Waals surface area contributed by atoms with Crippen LogP contribution >= 0.6 is 0 Å². The Morgan fingerprint density at radius 3 is 2.69 bits per heavy atom. The van der Waals surface area contributed by atoms with Crippen molar-refractivity contribution in [3.63, 3.8) is 0 Å². The Morgan fingerprint density at radius 2 is 2.06 bits per heavy atom. The summed E-state index contributed by atoms with van der Waals surface area (Å²) in [7, 11) is 1.62. The van der Waals surface area contributed by atoms with Crippen LogP contribution in [0.3, 0.4) is 0 Å². The Balaban J connectivity index is 2.45. The van der Waals surface area contributed by atoms with Crippen LogP contribution in [-0.4, -0.2) is 14.9 Å². The number of hydrogen-bond acceptors (Lipinski definition) is 2. The zero-order chi connectivity index (χ0) is 11.7. The van der Waals surface area contributed by atoms with Crippen molar-refractivity contribution >= 4 is 0 Å². The van der Waals surface area contributed by atoms with Crippen LogP contribution in [0, 0.1) is 11.6 Å². The number of nitrogens with zero attached hydrogens (tertiary/aromatic N) is 2. The molecule has 0 fully saturated rings. The average Bonchev–Trinajstić information content (AvgIpc) is 2.67. The molecule has 0 radical (unpaired) electrons. The lowest BCUT2D eigenvalue weighted by atomic mass is 10.1. The number of benzene rings is 1. The molecule has 2 rings (SSSR count). The summed E-state index contributed by atoms with van der Waals surface area (Å²) in [4.78, 5) is 0. The smallest absolute Gasteiger partial charge is 0.129 e. The van der Waals surface area contributed by atoms with Gasteiger partial charge in [-0.3, -0.25) is 4.68 Å². The summed E-state index contributed by atoms with van der Waals surface area (Å²) in [6.45, 7) is 0. The molecule has 0 aliphatic heterocycles. The summed E-state index contributed by atoms with van der Waals surface area (Å²) >= 11 is 0. The zero-order valence-electron chi connectivity index (χ0n) is 8.56. The highest BCUT2D eigenvalue weighted by atomic mass is 19.1. The van der Waals surface area contributed by atoms with Gasteiger partial charge in [-0.25, -0.2) is 8.78 Å². The van der Waals surface area contributed by atoms with Crippen molar-refractivity contribution < 1.29 is 13.9 Å². The lowest BCUT2D eigenvalue weighted by Gasteiger charge is -2.12. The standard InChI is InChI=1S/C11H10F2N2O/c1-15-10(4-5-14-15)11(16)8-6-7(12)2-3-9(8)13/h2-6,11,16H,1H3. The largest absolute Gasteiger partial charge is 0.382 e. The second-order valence-corrected chi connectivity index (χ2v) is 3.45. The summed E-state index contributed by atoms with van der Waals surface area (Å²) in [6, 6.07) is 4.53. The Kier molecular flexibility index (Phi) is 2.70. The molecule has 1 aromatic heterocycles. The fourth-order valence-electron chi connectivity index (χ4n) is 1.54. The van der Waals surface area contributed by atoms with Crippen LogP contribution in [0.4, 0.5) is 8.78 Å². The van der Waals surface area contributed by atoms with Gasteiger partial charge in [-0.05, 0) is 24.3 Å². The van der Waals surface area contributed by atoms with Crippen molar-refractivity contribution in [2.75, 3.05) is 0 Å². The van der Waals surface area contributed by atoms with Crippen LogP contribution in [0.15, 0.2) is 30.5 Å². The number of aliphatic hydroxyl groups excluding tert-OH is 1. The quantitative estimate of drug-likeness (QED) is 0.844. The van der Waals surface area contributed by atoms with E-state index in [1.807, 2.05) is 0 Å². The van der Waals surface area contributed by atoms with Gasteiger partial charge in [0, 0.05) is 18.8 Å². The maximum absolute atomic E-state index is 13.4. The summed E-state index contributed by atoms with van der Waals surface area (Å²) in [5.74, 6) is -1.23. The first-order valence-electron chi connectivity index (χ1n) is 4.70. The van der Waals surface area contributed by atoms with Crippen LogP contribution in [0.5, 0.6) is 0 Å². The van der Waals surface area contributed by atoms with E-state index in [0.29, 0.717) is 5.69 Å². The molecule has 0 aliphatic carbocycles. The predicted molar refractivity (Wildman–Crippen MR) is 53.6 cm³/mol. The molecular weight excluding hydrogens is 214 g/mol. The minimum Gasteiger partial charge on any atom is -0.382 e. The molecule has 0 aliphatic rings. The summed E-state index contributed by atoms with van der Waals surface area (Å²) < 4.78 is 27.7. The van der Waals surface area contributed by atoms with Crippen molar-refractivity contribution in [2.24, 2.45) is 7.05 Å². The third-order valence-electron chi connectivity index (χ3n) is 2.39. The van der Waals surface area contributed by atoms with Crippen LogP contribution < -0.4 is 0 Å². The van der Waals surface area contributed by atoms with Crippen LogP contribution in [-0.2, 0) is 7.05 Å². The van der Waals surface area contributed by atoms with E-state index < -0.39 is 17.7 Å². The molecular formula is C11H10F2N2O. The number of aromatic nitrogens is 2. The van der Waals surface area contributed by atoms with Crippen molar-refractivity contribution in [1.82, 2.24) is 9.78 Å². The van der Waals surface area contributed by atoms with Gasteiger partial charge in [0.2, 0.25) is 0 Å². The highest BCUT2D eigenvalue weighted by molar-refractivity contribution is 5.27. The van der Waals surface area contributed by atoms with E-state index in [4.69, 9.17) is 0 Å². The molecule has 84 valence electrons. The van der Waals surface area contributed by atoms with Crippen LogP contribution in [0.25, 0.3) is 0 Å². The SMILES string of the molecule is Cn1nccc1C(O)c1cc(F)ccc1F. The molecule has 1 heterocycles. The topological polar surface area (TPSA) is 38.0 Å². The summed E-state index contributed by atoms with van der Waals surface area (Å²) in [6.07, 6.45) is 0.263.